The van der Waals surface area contributed by atoms with Crippen molar-refractivity contribution >= 4 is 0 Å². The predicted molar refractivity (Wildman–Crippen MR) is 98.6 cm³/mol. The number of ether oxygens (including phenoxy) is 2. The van der Waals surface area contributed by atoms with Crippen LogP contribution in [-0.4, -0.2) is 69.0 Å². The second kappa shape index (κ2) is 7.44. The molecule has 1 aromatic heterocycles. The summed E-state index contributed by atoms with van der Waals surface area (Å²) in [5.74, 6) is 2.52. The first kappa shape index (κ1) is 16.9. The van der Waals surface area contributed by atoms with E-state index in [1.54, 1.807) is 0 Å². The molecule has 2 fully saturated rings. The minimum atomic E-state index is 0.293. The van der Waals surface area contributed by atoms with Crippen molar-refractivity contribution in [3.63, 3.8) is 0 Å². The Labute approximate surface area is 159 Å². The first-order chi connectivity index (χ1) is 13.3. The maximum absolute atomic E-state index is 5.47. The molecule has 3 aliphatic rings. The van der Waals surface area contributed by atoms with Crippen molar-refractivity contribution in [3.05, 3.63) is 29.6 Å². The van der Waals surface area contributed by atoms with E-state index < -0.39 is 0 Å². The minimum Gasteiger partial charge on any atom is -0.454 e. The molecule has 5 rings (SSSR count). The molecule has 0 spiro atoms. The summed E-state index contributed by atoms with van der Waals surface area (Å²) >= 11 is 0. The number of nitrogens with zero attached hydrogens (tertiary/aromatic N) is 6. The molecule has 2 aliphatic heterocycles. The molecule has 1 saturated carbocycles. The lowest BCUT2D eigenvalue weighted by Crippen LogP contribution is -2.49. The fourth-order valence-electron chi connectivity index (χ4n) is 4.43. The zero-order chi connectivity index (χ0) is 18.1. The standard InChI is InChI=1S/C19H26N6O2/c1-2-4-16(3-1)24-9-7-23(8-10-24)13-19-20-21-22-25(19)12-15-5-6-17-18(11-15)27-14-26-17/h5-6,11,16H,1-4,7-10,12-14H2. The van der Waals surface area contributed by atoms with Crippen molar-refractivity contribution < 1.29 is 9.47 Å². The molecule has 2 aromatic rings. The highest BCUT2D eigenvalue weighted by Gasteiger charge is 2.26. The highest BCUT2D eigenvalue weighted by Crippen LogP contribution is 2.32. The van der Waals surface area contributed by atoms with Crippen LogP contribution in [0.15, 0.2) is 18.2 Å². The summed E-state index contributed by atoms with van der Waals surface area (Å²) in [5, 5.41) is 12.4. The lowest BCUT2D eigenvalue weighted by molar-refractivity contribution is 0.0912. The van der Waals surface area contributed by atoms with Gasteiger partial charge in [-0.05, 0) is 41.0 Å². The number of rotatable bonds is 5. The molecule has 1 aliphatic carbocycles. The van der Waals surface area contributed by atoms with Crippen molar-refractivity contribution in [2.24, 2.45) is 0 Å². The van der Waals surface area contributed by atoms with Gasteiger partial charge in [0.15, 0.2) is 17.3 Å². The van der Waals surface area contributed by atoms with Gasteiger partial charge in [0.05, 0.1) is 13.1 Å². The molecular formula is C19H26N6O2. The third-order valence-electron chi connectivity index (χ3n) is 5.99. The van der Waals surface area contributed by atoms with Crippen molar-refractivity contribution in [1.29, 1.82) is 0 Å². The Morgan fingerprint density at radius 2 is 1.78 bits per heavy atom. The van der Waals surface area contributed by atoms with E-state index in [-0.39, 0.29) is 0 Å². The van der Waals surface area contributed by atoms with E-state index in [4.69, 9.17) is 9.47 Å². The molecule has 1 aromatic carbocycles. The van der Waals surface area contributed by atoms with E-state index in [1.807, 2.05) is 22.9 Å². The normalized spacial score (nSPS) is 21.2. The highest BCUT2D eigenvalue weighted by molar-refractivity contribution is 5.44. The average Bonchev–Trinajstić information content (AvgIpc) is 3.44. The molecule has 8 nitrogen and oxygen atoms in total. The van der Waals surface area contributed by atoms with Gasteiger partial charge < -0.3 is 9.47 Å². The molecule has 0 unspecified atom stereocenters. The van der Waals surface area contributed by atoms with Crippen molar-refractivity contribution in [2.75, 3.05) is 33.0 Å². The third-order valence-corrected chi connectivity index (χ3v) is 5.99. The fraction of sp³-hybridized carbons (Fsp3) is 0.632. The van der Waals surface area contributed by atoms with Gasteiger partial charge in [-0.3, -0.25) is 9.80 Å². The maximum Gasteiger partial charge on any atom is 0.231 e. The topological polar surface area (TPSA) is 68.5 Å². The fourth-order valence-corrected chi connectivity index (χ4v) is 4.43. The lowest BCUT2D eigenvalue weighted by atomic mass is 10.2. The van der Waals surface area contributed by atoms with Crippen molar-refractivity contribution in [2.45, 2.75) is 44.8 Å². The van der Waals surface area contributed by atoms with E-state index >= 15 is 0 Å². The van der Waals surface area contributed by atoms with Crippen LogP contribution in [0.1, 0.15) is 37.1 Å². The molecule has 144 valence electrons. The van der Waals surface area contributed by atoms with E-state index in [0.29, 0.717) is 13.3 Å². The maximum atomic E-state index is 5.47. The number of piperazine rings is 1. The van der Waals surface area contributed by atoms with Crippen molar-refractivity contribution in [1.82, 2.24) is 30.0 Å². The Kier molecular flexibility index (Phi) is 4.67. The smallest absolute Gasteiger partial charge is 0.231 e. The van der Waals surface area contributed by atoms with Gasteiger partial charge in [0.1, 0.15) is 0 Å². The van der Waals surface area contributed by atoms with Crippen LogP contribution in [0.2, 0.25) is 0 Å². The predicted octanol–water partition coefficient (Wildman–Crippen LogP) is 1.51. The molecule has 0 atom stereocenters. The van der Waals surface area contributed by atoms with Crippen molar-refractivity contribution in [3.8, 4) is 11.5 Å². The quantitative estimate of drug-likeness (QED) is 0.790. The summed E-state index contributed by atoms with van der Waals surface area (Å²) in [7, 11) is 0. The van der Waals surface area contributed by atoms with Gasteiger partial charge in [-0.1, -0.05) is 18.9 Å². The van der Waals surface area contributed by atoms with Gasteiger partial charge in [0.2, 0.25) is 6.79 Å². The van der Waals surface area contributed by atoms with Gasteiger partial charge in [-0.2, -0.15) is 0 Å². The summed E-state index contributed by atoms with van der Waals surface area (Å²) in [4.78, 5) is 5.15. The molecule has 8 heteroatoms. The number of benzene rings is 1. The summed E-state index contributed by atoms with van der Waals surface area (Å²) in [6.07, 6.45) is 5.57. The number of hydrogen-bond acceptors (Lipinski definition) is 7. The molecular weight excluding hydrogens is 344 g/mol. The minimum absolute atomic E-state index is 0.293. The summed E-state index contributed by atoms with van der Waals surface area (Å²) in [5.41, 5.74) is 1.11. The number of aromatic nitrogens is 4. The van der Waals surface area contributed by atoms with Crippen LogP contribution in [-0.2, 0) is 13.1 Å². The van der Waals surface area contributed by atoms with Gasteiger partial charge in [-0.15, -0.1) is 5.10 Å². The lowest BCUT2D eigenvalue weighted by Gasteiger charge is -2.37. The molecule has 1 saturated heterocycles. The van der Waals surface area contributed by atoms with E-state index in [2.05, 4.69) is 25.3 Å². The first-order valence-electron chi connectivity index (χ1n) is 9.95. The van der Waals surface area contributed by atoms with Crippen LogP contribution >= 0.6 is 0 Å². The molecule has 3 heterocycles. The van der Waals surface area contributed by atoms with Crippen LogP contribution < -0.4 is 9.47 Å². The molecule has 0 N–H and O–H groups in total. The van der Waals surface area contributed by atoms with E-state index in [0.717, 1.165) is 61.7 Å². The first-order valence-corrected chi connectivity index (χ1v) is 9.95. The SMILES string of the molecule is c1cc2c(cc1Cn1nnnc1CN1CCN(C3CCCC3)CC1)OCO2. The second-order valence-corrected chi connectivity index (χ2v) is 7.69. The van der Waals surface area contributed by atoms with E-state index in [9.17, 15) is 0 Å². The van der Waals surface area contributed by atoms with Gasteiger partial charge in [-0.25, -0.2) is 4.68 Å². The zero-order valence-corrected chi connectivity index (χ0v) is 15.6. The summed E-state index contributed by atoms with van der Waals surface area (Å²) in [6, 6.07) is 6.82. The molecule has 27 heavy (non-hydrogen) atoms. The molecule has 0 amide bonds. The second-order valence-electron chi connectivity index (χ2n) is 7.69. The van der Waals surface area contributed by atoms with Gasteiger partial charge >= 0.3 is 0 Å². The Hall–Kier alpha value is -2.19. The Bertz CT molecular complexity index is 780. The Balaban J connectivity index is 1.19. The van der Waals surface area contributed by atoms with Crippen LogP contribution in [0.4, 0.5) is 0 Å². The van der Waals surface area contributed by atoms with Crippen LogP contribution in [0, 0.1) is 0 Å². The summed E-state index contributed by atoms with van der Waals surface area (Å²) < 4.78 is 12.7. The van der Waals surface area contributed by atoms with Gasteiger partial charge in [0, 0.05) is 32.2 Å². The Morgan fingerprint density at radius 3 is 2.63 bits per heavy atom. The zero-order valence-electron chi connectivity index (χ0n) is 15.6. The third kappa shape index (κ3) is 3.64. The highest BCUT2D eigenvalue weighted by atomic mass is 16.7. The van der Waals surface area contributed by atoms with Crippen LogP contribution in [0.3, 0.4) is 0 Å². The van der Waals surface area contributed by atoms with Crippen LogP contribution in [0.25, 0.3) is 0 Å². The van der Waals surface area contributed by atoms with E-state index in [1.165, 1.54) is 25.7 Å². The largest absolute Gasteiger partial charge is 0.454 e. The summed E-state index contributed by atoms with van der Waals surface area (Å²) in [6.45, 7) is 6.24. The molecule has 0 bridgehead atoms. The number of hydrogen-bond donors (Lipinski definition) is 0. The number of tetrazole rings is 1. The van der Waals surface area contributed by atoms with Gasteiger partial charge in [0.25, 0.3) is 0 Å². The van der Waals surface area contributed by atoms with Crippen LogP contribution in [0.5, 0.6) is 11.5 Å². The average molecular weight is 370 g/mol. The monoisotopic (exact) mass is 370 g/mol. The number of fused-ring (bicyclic) bond motifs is 1. The Morgan fingerprint density at radius 1 is 0.963 bits per heavy atom. The molecule has 0 radical (unpaired) electrons.